The number of nitrogens with two attached hydrogens (primary N) is 1. The lowest BCUT2D eigenvalue weighted by Gasteiger charge is -2.40. The molecule has 1 saturated carbocycles. The highest BCUT2D eigenvalue weighted by Crippen LogP contribution is 2.28. The lowest BCUT2D eigenvalue weighted by atomic mass is 9.89. The smallest absolute Gasteiger partial charge is 0.295 e. The number of benzene rings is 2. The number of oxazole rings is 1. The molecule has 1 saturated heterocycles. The van der Waals surface area contributed by atoms with Crippen molar-refractivity contribution in [1.29, 1.82) is 0 Å². The maximum absolute atomic E-state index is 9.71. The molecule has 0 bridgehead atoms. The van der Waals surface area contributed by atoms with Crippen molar-refractivity contribution in [2.75, 3.05) is 23.3 Å². The minimum atomic E-state index is -1.02. The maximum Gasteiger partial charge on any atom is 0.295 e. The van der Waals surface area contributed by atoms with Crippen LogP contribution in [0.25, 0.3) is 17.0 Å². The second-order valence-corrected chi connectivity index (χ2v) is 10.6. The zero-order valence-electron chi connectivity index (χ0n) is 22.0. The Bertz CT molecular complexity index is 1340. The van der Waals surface area contributed by atoms with Crippen molar-refractivity contribution in [1.82, 2.24) is 25.1 Å². The minimum absolute atomic E-state index is 0.250. The average Bonchev–Trinajstić information content (AvgIpc) is 3.68. The summed E-state index contributed by atoms with van der Waals surface area (Å²) in [4.78, 5) is 11.0. The van der Waals surface area contributed by atoms with Gasteiger partial charge in [-0.05, 0) is 61.6 Å². The van der Waals surface area contributed by atoms with Crippen molar-refractivity contribution in [2.24, 2.45) is 5.73 Å². The zero-order chi connectivity index (χ0) is 26.6. The quantitative estimate of drug-likeness (QED) is 0.252. The summed E-state index contributed by atoms with van der Waals surface area (Å²) < 4.78 is 7.84. The second-order valence-electron chi connectivity index (χ2n) is 10.6. The van der Waals surface area contributed by atoms with Gasteiger partial charge in [0.05, 0.1) is 11.9 Å². The molecule has 0 radical (unpaired) electrons. The van der Waals surface area contributed by atoms with E-state index < -0.39 is 6.23 Å². The first-order valence-electron chi connectivity index (χ1n) is 13.8. The number of nitrogens with one attached hydrogen (secondary N) is 2. The van der Waals surface area contributed by atoms with Crippen molar-refractivity contribution >= 4 is 11.7 Å². The SMILES string of the molecule is NC(O)c1cccc(-c2cnc(NC3CCCCC3NC3CCCN(c4ccc(-n5cncn5)cc4)C3)o2)c1. The topological polar surface area (TPSA) is 130 Å². The van der Waals surface area contributed by atoms with Gasteiger partial charge in [-0.25, -0.2) is 14.6 Å². The average molecular weight is 529 g/mol. The fourth-order valence-electron chi connectivity index (χ4n) is 5.82. The van der Waals surface area contributed by atoms with Crippen molar-refractivity contribution in [3.63, 3.8) is 0 Å². The van der Waals surface area contributed by atoms with Crippen LogP contribution >= 0.6 is 0 Å². The first kappa shape index (κ1) is 25.5. The molecule has 1 aliphatic carbocycles. The van der Waals surface area contributed by atoms with Gasteiger partial charge in [0.2, 0.25) is 0 Å². The van der Waals surface area contributed by atoms with E-state index in [0.29, 0.717) is 29.4 Å². The van der Waals surface area contributed by atoms with Crippen LogP contribution in [0.3, 0.4) is 0 Å². The van der Waals surface area contributed by atoms with Crippen LogP contribution in [-0.2, 0) is 0 Å². The van der Waals surface area contributed by atoms with Gasteiger partial charge in [0, 0.05) is 42.5 Å². The Morgan fingerprint density at radius 1 is 1.00 bits per heavy atom. The molecule has 10 heteroatoms. The summed E-state index contributed by atoms with van der Waals surface area (Å²) in [6, 6.07) is 17.5. The summed E-state index contributed by atoms with van der Waals surface area (Å²) in [5, 5.41) is 21.5. The Hall–Kier alpha value is -3.73. The Morgan fingerprint density at radius 3 is 2.62 bits per heavy atom. The van der Waals surface area contributed by atoms with Crippen LogP contribution in [0.4, 0.5) is 11.7 Å². The summed E-state index contributed by atoms with van der Waals surface area (Å²) in [5.74, 6) is 0.651. The van der Waals surface area contributed by atoms with E-state index >= 15 is 0 Å². The molecule has 39 heavy (non-hydrogen) atoms. The Kier molecular flexibility index (Phi) is 7.57. The Labute approximate surface area is 228 Å². The fraction of sp³-hybridized carbons (Fsp3) is 0.414. The van der Waals surface area contributed by atoms with Gasteiger partial charge in [0.15, 0.2) is 5.76 Å². The molecule has 2 aromatic heterocycles. The summed E-state index contributed by atoms with van der Waals surface area (Å²) in [5.41, 5.74) is 9.36. The molecule has 204 valence electrons. The molecule has 5 N–H and O–H groups in total. The van der Waals surface area contributed by atoms with E-state index in [1.807, 2.05) is 18.2 Å². The number of hydrogen-bond donors (Lipinski definition) is 4. The lowest BCUT2D eigenvalue weighted by Crippen LogP contribution is -2.54. The van der Waals surface area contributed by atoms with Gasteiger partial charge in [0.25, 0.3) is 6.01 Å². The van der Waals surface area contributed by atoms with Crippen molar-refractivity contribution in [3.8, 4) is 17.0 Å². The highest BCUT2D eigenvalue weighted by molar-refractivity contribution is 5.59. The number of anilines is 2. The third-order valence-electron chi connectivity index (χ3n) is 7.86. The molecule has 3 heterocycles. The van der Waals surface area contributed by atoms with Crippen LogP contribution in [0.5, 0.6) is 0 Å². The maximum atomic E-state index is 9.71. The number of hydrogen-bond acceptors (Lipinski definition) is 9. The van der Waals surface area contributed by atoms with E-state index in [1.165, 1.54) is 24.9 Å². The van der Waals surface area contributed by atoms with E-state index in [-0.39, 0.29) is 6.04 Å². The molecule has 2 aromatic carbocycles. The summed E-state index contributed by atoms with van der Waals surface area (Å²) in [6.45, 7) is 2.05. The monoisotopic (exact) mass is 528 g/mol. The highest BCUT2D eigenvalue weighted by atomic mass is 16.4. The van der Waals surface area contributed by atoms with E-state index in [0.717, 1.165) is 43.6 Å². The zero-order valence-corrected chi connectivity index (χ0v) is 22.0. The van der Waals surface area contributed by atoms with E-state index in [9.17, 15) is 5.11 Å². The first-order valence-corrected chi connectivity index (χ1v) is 13.8. The third kappa shape index (κ3) is 5.98. The molecule has 1 aliphatic heterocycles. The molecule has 4 atom stereocenters. The van der Waals surface area contributed by atoms with Gasteiger partial charge in [-0.3, -0.25) is 0 Å². The number of nitrogens with zero attached hydrogens (tertiary/aromatic N) is 5. The number of aliphatic hydroxyl groups excluding tert-OH is 1. The van der Waals surface area contributed by atoms with E-state index in [2.05, 4.69) is 54.9 Å². The normalized spacial score (nSPS) is 22.5. The minimum Gasteiger partial charge on any atom is -0.424 e. The standard InChI is InChI=1S/C29H36N8O2/c30-28(38)21-6-3-5-20(15-21)27-16-32-29(39-27)35-26-9-2-1-8-25(26)34-22-7-4-14-36(17-22)23-10-12-24(13-11-23)37-19-31-18-33-37/h3,5-6,10-13,15-16,18-19,22,25-26,28,34,38H,1-2,4,7-9,14,17,30H2,(H,32,35). The molecule has 10 nitrogen and oxygen atoms in total. The Morgan fingerprint density at radius 2 is 1.82 bits per heavy atom. The molecule has 2 fully saturated rings. The molecule has 6 rings (SSSR count). The molecule has 0 amide bonds. The second kappa shape index (κ2) is 11.6. The summed E-state index contributed by atoms with van der Waals surface area (Å²) in [6.07, 6.45) is 10.9. The molecule has 2 aliphatic rings. The van der Waals surface area contributed by atoms with Crippen LogP contribution in [0.15, 0.2) is 71.8 Å². The largest absolute Gasteiger partial charge is 0.424 e. The summed E-state index contributed by atoms with van der Waals surface area (Å²) in [7, 11) is 0. The van der Waals surface area contributed by atoms with Crippen LogP contribution < -0.4 is 21.3 Å². The molecular formula is C29H36N8O2. The van der Waals surface area contributed by atoms with Gasteiger partial charge >= 0.3 is 0 Å². The van der Waals surface area contributed by atoms with Crippen LogP contribution in [0, 0.1) is 0 Å². The molecule has 4 aromatic rings. The Balaban J connectivity index is 1.08. The number of aliphatic hydroxyl groups is 1. The number of piperidine rings is 1. The van der Waals surface area contributed by atoms with Crippen LogP contribution in [0.1, 0.15) is 50.3 Å². The predicted molar refractivity (Wildman–Crippen MR) is 150 cm³/mol. The van der Waals surface area contributed by atoms with Crippen molar-refractivity contribution in [2.45, 2.75) is 62.9 Å². The van der Waals surface area contributed by atoms with Gasteiger partial charge in [0.1, 0.15) is 18.9 Å². The lowest BCUT2D eigenvalue weighted by molar-refractivity contribution is 0.186. The molecule has 0 spiro atoms. The number of rotatable bonds is 8. The van der Waals surface area contributed by atoms with Crippen molar-refractivity contribution in [3.05, 3.63) is 72.9 Å². The predicted octanol–water partition coefficient (Wildman–Crippen LogP) is 3.85. The molecule has 4 unspecified atom stereocenters. The van der Waals surface area contributed by atoms with Crippen molar-refractivity contribution < 1.29 is 9.52 Å². The van der Waals surface area contributed by atoms with E-state index in [4.69, 9.17) is 10.2 Å². The summed E-state index contributed by atoms with van der Waals surface area (Å²) >= 11 is 0. The first-order chi connectivity index (χ1) is 19.1. The van der Waals surface area contributed by atoms with E-state index in [1.54, 1.807) is 29.6 Å². The van der Waals surface area contributed by atoms with Gasteiger partial charge in [-0.15, -0.1) is 0 Å². The number of aromatic nitrogens is 4. The van der Waals surface area contributed by atoms with Gasteiger partial charge in [-0.1, -0.05) is 31.0 Å². The highest BCUT2D eigenvalue weighted by Gasteiger charge is 2.30. The molecular weight excluding hydrogens is 492 g/mol. The van der Waals surface area contributed by atoms with Gasteiger partial charge in [-0.2, -0.15) is 5.10 Å². The third-order valence-corrected chi connectivity index (χ3v) is 7.86. The fourth-order valence-corrected chi connectivity index (χ4v) is 5.82. The van der Waals surface area contributed by atoms with Gasteiger partial charge < -0.3 is 30.8 Å². The van der Waals surface area contributed by atoms with Crippen LogP contribution in [-0.4, -0.2) is 56.1 Å². The van der Waals surface area contributed by atoms with Crippen LogP contribution in [0.2, 0.25) is 0 Å².